The van der Waals surface area contributed by atoms with E-state index in [0.717, 1.165) is 113 Å². The second kappa shape index (κ2) is 16.6. The Morgan fingerprint density at radius 3 is 1.11 bits per heavy atom. The minimum absolute atomic E-state index is 0.201. The van der Waals surface area contributed by atoms with Gasteiger partial charge in [0.25, 0.3) is 0 Å². The maximum Gasteiger partial charge on any atom is 0.132 e. The van der Waals surface area contributed by atoms with E-state index in [0.29, 0.717) is 11.1 Å². The van der Waals surface area contributed by atoms with E-state index in [1.54, 1.807) is 0 Å². The highest BCUT2D eigenvalue weighted by Gasteiger charge is 2.46. The second-order valence-electron chi connectivity index (χ2n) is 18.2. The Bertz CT molecular complexity index is 3300. The Morgan fingerprint density at radius 1 is 0.379 bits per heavy atom. The lowest BCUT2D eigenvalue weighted by Crippen LogP contribution is -2.49. The van der Waals surface area contributed by atoms with Crippen LogP contribution in [0.5, 0.6) is 11.5 Å². The van der Waals surface area contributed by atoms with Gasteiger partial charge < -0.3 is 10.2 Å². The molecule has 0 radical (unpaired) electrons. The highest BCUT2D eigenvalue weighted by atomic mass is 16.3. The third-order valence-corrected chi connectivity index (χ3v) is 14.3. The molecule has 2 atom stereocenters. The predicted octanol–water partition coefficient (Wildman–Crippen LogP) is 16.0. The van der Waals surface area contributed by atoms with Gasteiger partial charge in [0.05, 0.1) is 11.1 Å². The molecule has 0 bridgehead atoms. The molecule has 1 saturated carbocycles. The molecule has 0 aliphatic heterocycles. The van der Waals surface area contributed by atoms with E-state index in [1.807, 2.05) is 36.7 Å². The summed E-state index contributed by atoms with van der Waals surface area (Å²) >= 11 is 0. The van der Waals surface area contributed by atoms with Crippen LogP contribution in [0.3, 0.4) is 0 Å². The fourth-order valence-corrected chi connectivity index (χ4v) is 10.5. The van der Waals surface area contributed by atoms with Crippen molar-refractivity contribution < 1.29 is 10.2 Å². The summed E-state index contributed by atoms with van der Waals surface area (Å²) in [6, 6.07) is 67.1. The van der Waals surface area contributed by atoms with Gasteiger partial charge in [-0.2, -0.15) is 0 Å². The summed E-state index contributed by atoms with van der Waals surface area (Å²) in [7, 11) is 0. The van der Waals surface area contributed by atoms with Gasteiger partial charge in [-0.3, -0.25) is 9.98 Å². The minimum Gasteiger partial charge on any atom is -0.507 e. The van der Waals surface area contributed by atoms with Crippen LogP contribution >= 0.6 is 0 Å². The van der Waals surface area contributed by atoms with Crippen LogP contribution in [0.1, 0.15) is 50.7 Å². The molecule has 0 saturated heterocycles. The standard InChI is InChI=1S/C62H50N2O2/c1-61(63-39-47-37-45-25-11-15-29-51(45)57(59(47)65)55-49-27-13-9-23-43(49)31-33-53(55)41-19-5-3-6-20-41)35-17-18-36-62(61,2)64-40-48-38-46-26-12-16-30-52(46)58(60(48)66)56-50-28-14-10-24-44(50)32-34-54(56)42-21-7-4-8-22-42/h3-16,19-34,37-40,65-66H,17-18,35-36H2,1-2H3/t61-,62-/m1/s1. The average molecular weight is 855 g/mol. The molecule has 11 rings (SSSR count). The molecule has 0 spiro atoms. The normalized spacial score (nSPS) is 17.7. The van der Waals surface area contributed by atoms with E-state index < -0.39 is 11.1 Å². The third kappa shape index (κ3) is 7.01. The molecule has 66 heavy (non-hydrogen) atoms. The van der Waals surface area contributed by atoms with E-state index in [2.05, 4.69) is 184 Å². The zero-order chi connectivity index (χ0) is 44.8. The predicted molar refractivity (Wildman–Crippen MR) is 278 cm³/mol. The van der Waals surface area contributed by atoms with Crippen LogP contribution in [0.4, 0.5) is 0 Å². The van der Waals surface area contributed by atoms with Crippen LogP contribution in [0.25, 0.3) is 87.6 Å². The number of hydrogen-bond donors (Lipinski definition) is 2. The Kier molecular flexibility index (Phi) is 10.3. The summed E-state index contributed by atoms with van der Waals surface area (Å²) in [6.45, 7) is 4.40. The Labute approximate surface area is 385 Å². The van der Waals surface area contributed by atoms with Gasteiger partial charge in [0.1, 0.15) is 11.5 Å². The molecule has 4 nitrogen and oxygen atoms in total. The van der Waals surface area contributed by atoms with Crippen LogP contribution in [0, 0.1) is 0 Å². The molecule has 10 aromatic rings. The number of aliphatic imine (C=N–C) groups is 2. The maximum absolute atomic E-state index is 12.6. The number of hydrogen-bond acceptors (Lipinski definition) is 4. The van der Waals surface area contributed by atoms with Crippen molar-refractivity contribution in [2.24, 2.45) is 9.98 Å². The van der Waals surface area contributed by atoms with Gasteiger partial charge in [0.2, 0.25) is 0 Å². The van der Waals surface area contributed by atoms with Crippen molar-refractivity contribution in [3.63, 3.8) is 0 Å². The van der Waals surface area contributed by atoms with Gasteiger partial charge in [-0.05, 0) is 104 Å². The van der Waals surface area contributed by atoms with Crippen LogP contribution in [0.2, 0.25) is 0 Å². The number of phenolic OH excluding ortho intramolecular Hbond substituents is 2. The first kappa shape index (κ1) is 40.9. The molecule has 1 aliphatic rings. The Balaban J connectivity index is 1.04. The van der Waals surface area contributed by atoms with Crippen molar-refractivity contribution in [2.45, 2.75) is 50.6 Å². The Hall–Kier alpha value is -7.82. The molecule has 320 valence electrons. The smallest absolute Gasteiger partial charge is 0.132 e. The largest absolute Gasteiger partial charge is 0.507 e. The molecule has 2 N–H and O–H groups in total. The summed E-state index contributed by atoms with van der Waals surface area (Å²) in [4.78, 5) is 10.9. The molecule has 10 aromatic carbocycles. The number of nitrogens with zero attached hydrogens (tertiary/aromatic N) is 2. The van der Waals surface area contributed by atoms with Crippen molar-refractivity contribution in [3.8, 4) is 56.0 Å². The molecular weight excluding hydrogens is 805 g/mol. The number of rotatable bonds is 8. The zero-order valence-electron chi connectivity index (χ0n) is 37.2. The van der Waals surface area contributed by atoms with Crippen molar-refractivity contribution in [2.75, 3.05) is 0 Å². The first-order valence-corrected chi connectivity index (χ1v) is 23.1. The molecule has 0 unspecified atom stereocenters. The Morgan fingerprint density at radius 2 is 0.712 bits per heavy atom. The topological polar surface area (TPSA) is 65.2 Å². The van der Waals surface area contributed by atoms with Gasteiger partial charge in [-0.15, -0.1) is 0 Å². The van der Waals surface area contributed by atoms with Crippen LogP contribution in [-0.2, 0) is 0 Å². The second-order valence-corrected chi connectivity index (χ2v) is 18.2. The fourth-order valence-electron chi connectivity index (χ4n) is 10.5. The quantitative estimate of drug-likeness (QED) is 0.150. The number of benzene rings is 10. The van der Waals surface area contributed by atoms with E-state index in [4.69, 9.17) is 9.98 Å². The van der Waals surface area contributed by atoms with E-state index >= 15 is 0 Å². The average Bonchev–Trinajstić information content (AvgIpc) is 3.36. The molecule has 1 aliphatic carbocycles. The monoisotopic (exact) mass is 854 g/mol. The van der Waals surface area contributed by atoms with Gasteiger partial charge in [-0.1, -0.05) is 195 Å². The lowest BCUT2D eigenvalue weighted by atomic mass is 9.69. The van der Waals surface area contributed by atoms with Crippen molar-refractivity contribution >= 4 is 55.5 Å². The van der Waals surface area contributed by atoms with Crippen LogP contribution in [-0.4, -0.2) is 33.7 Å². The highest BCUT2D eigenvalue weighted by Crippen LogP contribution is 2.49. The lowest BCUT2D eigenvalue weighted by molar-refractivity contribution is 0.188. The summed E-state index contributed by atoms with van der Waals surface area (Å²) in [5.74, 6) is 0.403. The summed E-state index contributed by atoms with van der Waals surface area (Å²) in [5.41, 5.74) is 7.97. The molecule has 1 fully saturated rings. The molecule has 0 heterocycles. The van der Waals surface area contributed by atoms with Crippen molar-refractivity contribution in [1.29, 1.82) is 0 Å². The molecule has 0 aromatic heterocycles. The van der Waals surface area contributed by atoms with Crippen molar-refractivity contribution in [3.05, 3.63) is 205 Å². The first-order chi connectivity index (χ1) is 32.3. The highest BCUT2D eigenvalue weighted by molar-refractivity contribution is 6.16. The summed E-state index contributed by atoms with van der Waals surface area (Å²) < 4.78 is 0. The molecule has 0 amide bonds. The SMILES string of the molecule is C[C@@]1(N=Cc2cc3ccccc3c(-c3c(-c4ccccc4)ccc4ccccc34)c2O)CCCC[C@@]1(C)N=Cc1cc2ccccc2c(-c2c(-c3ccccc3)ccc3ccccc23)c1O. The lowest BCUT2D eigenvalue weighted by Gasteiger charge is -2.44. The van der Waals surface area contributed by atoms with Crippen LogP contribution in [0.15, 0.2) is 204 Å². The van der Waals surface area contributed by atoms with Gasteiger partial charge in [0, 0.05) is 45.8 Å². The first-order valence-electron chi connectivity index (χ1n) is 23.1. The van der Waals surface area contributed by atoms with Crippen molar-refractivity contribution in [1.82, 2.24) is 0 Å². The van der Waals surface area contributed by atoms with Crippen LogP contribution < -0.4 is 0 Å². The number of phenols is 2. The maximum atomic E-state index is 12.6. The summed E-state index contributed by atoms with van der Waals surface area (Å²) in [6.07, 6.45) is 7.44. The summed E-state index contributed by atoms with van der Waals surface area (Å²) in [5, 5.41) is 33.6. The van der Waals surface area contributed by atoms with E-state index in [1.165, 1.54) is 0 Å². The number of aromatic hydroxyl groups is 2. The third-order valence-electron chi connectivity index (χ3n) is 14.3. The molecule has 4 heteroatoms. The van der Waals surface area contributed by atoms with E-state index in [-0.39, 0.29) is 11.5 Å². The van der Waals surface area contributed by atoms with Gasteiger partial charge >= 0.3 is 0 Å². The fraction of sp³-hybridized carbons (Fsp3) is 0.129. The van der Waals surface area contributed by atoms with E-state index in [9.17, 15) is 10.2 Å². The minimum atomic E-state index is -0.611. The van der Waals surface area contributed by atoms with Gasteiger partial charge in [0.15, 0.2) is 0 Å². The zero-order valence-corrected chi connectivity index (χ0v) is 37.2. The molecular formula is C62H50N2O2. The number of fused-ring (bicyclic) bond motifs is 4. The van der Waals surface area contributed by atoms with Gasteiger partial charge in [-0.25, -0.2) is 0 Å².